The molecule has 2 saturated heterocycles. The van der Waals surface area contributed by atoms with Gasteiger partial charge in [-0.1, -0.05) is 46.4 Å². The lowest BCUT2D eigenvalue weighted by atomic mass is 10.2. The summed E-state index contributed by atoms with van der Waals surface area (Å²) in [5.41, 5.74) is 0. The van der Waals surface area contributed by atoms with Crippen LogP contribution in [0.25, 0.3) is 0 Å². The van der Waals surface area contributed by atoms with Gasteiger partial charge in [0.15, 0.2) is 8.67 Å². The third-order valence-corrected chi connectivity index (χ3v) is 4.57. The molecule has 2 rings (SSSR count). The van der Waals surface area contributed by atoms with Crippen LogP contribution in [0.4, 0.5) is 0 Å². The predicted molar refractivity (Wildman–Crippen MR) is 80.8 cm³/mol. The molecule has 2 aliphatic heterocycles. The normalized spacial score (nSPS) is 28.6. The summed E-state index contributed by atoms with van der Waals surface area (Å²) in [5, 5.41) is 0. The average molecular weight is 384 g/mol. The summed E-state index contributed by atoms with van der Waals surface area (Å²) in [6.07, 6.45) is -0.909. The Bertz CT molecular complexity index is 287. The van der Waals surface area contributed by atoms with Gasteiger partial charge < -0.3 is 23.7 Å². The molecule has 0 spiro atoms. The minimum atomic E-state index is -1.23. The first-order chi connectivity index (χ1) is 9.92. The summed E-state index contributed by atoms with van der Waals surface area (Å²) in [6, 6.07) is 0. The van der Waals surface area contributed by atoms with Crippen LogP contribution in [0.15, 0.2) is 0 Å². The van der Waals surface area contributed by atoms with E-state index in [0.717, 1.165) is 0 Å². The molecule has 2 aliphatic rings. The van der Waals surface area contributed by atoms with Crippen LogP contribution < -0.4 is 0 Å². The van der Waals surface area contributed by atoms with Gasteiger partial charge in [-0.25, -0.2) is 0 Å². The molecule has 0 amide bonds. The minimum Gasteiger partial charge on any atom is -0.376 e. The van der Waals surface area contributed by atoms with Crippen molar-refractivity contribution >= 4 is 46.4 Å². The molecule has 2 fully saturated rings. The Morgan fingerprint density at radius 2 is 1.19 bits per heavy atom. The summed E-state index contributed by atoms with van der Waals surface area (Å²) in [7, 11) is 0. The Balaban J connectivity index is 1.76. The quantitative estimate of drug-likeness (QED) is 0.658. The van der Waals surface area contributed by atoms with E-state index < -0.39 is 20.9 Å². The zero-order chi connectivity index (χ0) is 15.3. The summed E-state index contributed by atoms with van der Waals surface area (Å²) in [5.74, 6) is 0. The van der Waals surface area contributed by atoms with Gasteiger partial charge in [0.05, 0.1) is 52.9 Å². The van der Waals surface area contributed by atoms with E-state index in [-0.39, 0.29) is 13.2 Å². The van der Waals surface area contributed by atoms with Gasteiger partial charge in [0, 0.05) is 0 Å². The topological polar surface area (TPSA) is 46.2 Å². The number of alkyl halides is 4. The van der Waals surface area contributed by atoms with Crippen molar-refractivity contribution in [2.75, 3.05) is 52.9 Å². The molecular weight excluding hydrogens is 366 g/mol. The van der Waals surface area contributed by atoms with Gasteiger partial charge in [-0.2, -0.15) is 0 Å². The largest absolute Gasteiger partial charge is 0.376 e. The van der Waals surface area contributed by atoms with E-state index >= 15 is 0 Å². The SMILES string of the molecule is ClC(Cl)(COCC(Cl)(Cl)C1COCCO1)C1COCCO1. The summed E-state index contributed by atoms with van der Waals surface area (Å²) >= 11 is 24.9. The van der Waals surface area contributed by atoms with Crippen molar-refractivity contribution in [3.63, 3.8) is 0 Å². The highest BCUT2D eigenvalue weighted by Crippen LogP contribution is 2.33. The van der Waals surface area contributed by atoms with Crippen LogP contribution in [0.3, 0.4) is 0 Å². The van der Waals surface area contributed by atoms with Gasteiger partial charge >= 0.3 is 0 Å². The van der Waals surface area contributed by atoms with Crippen LogP contribution in [0.1, 0.15) is 0 Å². The molecule has 0 bridgehead atoms. The van der Waals surface area contributed by atoms with Crippen molar-refractivity contribution in [3.8, 4) is 0 Å². The van der Waals surface area contributed by atoms with E-state index in [1.807, 2.05) is 0 Å². The second kappa shape index (κ2) is 8.18. The van der Waals surface area contributed by atoms with E-state index in [4.69, 9.17) is 70.1 Å². The van der Waals surface area contributed by atoms with Gasteiger partial charge in [-0.05, 0) is 0 Å². The average Bonchev–Trinajstić information content (AvgIpc) is 2.49. The van der Waals surface area contributed by atoms with Crippen LogP contribution in [-0.4, -0.2) is 73.7 Å². The second-order valence-corrected chi connectivity index (χ2v) is 7.97. The van der Waals surface area contributed by atoms with Gasteiger partial charge in [0.1, 0.15) is 12.2 Å². The van der Waals surface area contributed by atoms with Crippen LogP contribution in [0.5, 0.6) is 0 Å². The molecule has 0 aromatic heterocycles. The van der Waals surface area contributed by atoms with Gasteiger partial charge in [0.2, 0.25) is 0 Å². The monoisotopic (exact) mass is 382 g/mol. The van der Waals surface area contributed by atoms with Crippen molar-refractivity contribution in [1.29, 1.82) is 0 Å². The van der Waals surface area contributed by atoms with E-state index in [1.165, 1.54) is 0 Å². The fourth-order valence-electron chi connectivity index (χ4n) is 1.97. The fourth-order valence-corrected chi connectivity index (χ4v) is 2.78. The third kappa shape index (κ3) is 5.52. The maximum Gasteiger partial charge on any atom is 0.169 e. The Morgan fingerprint density at radius 1 is 0.762 bits per heavy atom. The highest BCUT2D eigenvalue weighted by molar-refractivity contribution is 6.49. The molecule has 124 valence electrons. The fraction of sp³-hybridized carbons (Fsp3) is 1.00. The van der Waals surface area contributed by atoms with Crippen molar-refractivity contribution in [3.05, 3.63) is 0 Å². The molecule has 0 N–H and O–H groups in total. The highest BCUT2D eigenvalue weighted by Gasteiger charge is 2.41. The molecular formula is C12H18Cl4O5. The standard InChI is InChI=1S/C12H18Cl4O5/c13-11(14,9-5-17-1-3-20-9)7-19-8-12(15,16)10-6-18-2-4-21-10/h9-10H,1-8H2. The lowest BCUT2D eigenvalue weighted by Gasteiger charge is -2.35. The first-order valence-electron chi connectivity index (χ1n) is 6.64. The zero-order valence-corrected chi connectivity index (χ0v) is 14.4. The highest BCUT2D eigenvalue weighted by atomic mass is 35.5. The Kier molecular flexibility index (Phi) is 7.12. The molecule has 0 aliphatic carbocycles. The number of halogens is 4. The maximum atomic E-state index is 6.22. The van der Waals surface area contributed by atoms with Crippen molar-refractivity contribution in [2.45, 2.75) is 20.9 Å². The lowest BCUT2D eigenvalue weighted by Crippen LogP contribution is -2.47. The molecule has 2 atom stereocenters. The maximum absolute atomic E-state index is 6.22. The molecule has 2 unspecified atom stereocenters. The molecule has 2 heterocycles. The zero-order valence-electron chi connectivity index (χ0n) is 11.4. The van der Waals surface area contributed by atoms with E-state index in [1.54, 1.807) is 0 Å². The van der Waals surface area contributed by atoms with Crippen LogP contribution in [-0.2, 0) is 23.7 Å². The molecule has 0 aromatic rings. The van der Waals surface area contributed by atoms with Crippen molar-refractivity contribution < 1.29 is 23.7 Å². The smallest absolute Gasteiger partial charge is 0.169 e. The van der Waals surface area contributed by atoms with Crippen LogP contribution >= 0.6 is 46.4 Å². The second-order valence-electron chi connectivity index (χ2n) is 4.88. The predicted octanol–water partition coefficient (Wildman–Crippen LogP) is 2.18. The van der Waals surface area contributed by atoms with Gasteiger partial charge in [-0.15, -0.1) is 0 Å². The summed E-state index contributed by atoms with van der Waals surface area (Å²) in [4.78, 5) is 0. The minimum absolute atomic E-state index is 0.0128. The summed E-state index contributed by atoms with van der Waals surface area (Å²) < 4.78 is 24.5. The molecule has 0 radical (unpaired) electrons. The Morgan fingerprint density at radius 3 is 1.52 bits per heavy atom. The number of rotatable bonds is 6. The number of hydrogen-bond acceptors (Lipinski definition) is 5. The summed E-state index contributed by atoms with van der Waals surface area (Å²) in [6.45, 7) is 2.64. The molecule has 5 nitrogen and oxygen atoms in total. The van der Waals surface area contributed by atoms with E-state index in [2.05, 4.69) is 0 Å². The van der Waals surface area contributed by atoms with Crippen LogP contribution in [0, 0.1) is 0 Å². The Hall–Kier alpha value is 0.960. The van der Waals surface area contributed by atoms with Crippen molar-refractivity contribution in [1.82, 2.24) is 0 Å². The molecule has 9 heteroatoms. The lowest BCUT2D eigenvalue weighted by molar-refractivity contribution is -0.110. The van der Waals surface area contributed by atoms with Crippen LogP contribution in [0.2, 0.25) is 0 Å². The number of ether oxygens (including phenoxy) is 5. The first kappa shape index (κ1) is 18.3. The van der Waals surface area contributed by atoms with E-state index in [0.29, 0.717) is 39.6 Å². The molecule has 0 saturated carbocycles. The van der Waals surface area contributed by atoms with Gasteiger partial charge in [-0.3, -0.25) is 0 Å². The van der Waals surface area contributed by atoms with Gasteiger partial charge in [0.25, 0.3) is 0 Å². The Labute approximate surface area is 144 Å². The number of hydrogen-bond donors (Lipinski definition) is 0. The third-order valence-electron chi connectivity index (χ3n) is 3.16. The molecule has 0 aromatic carbocycles. The van der Waals surface area contributed by atoms with E-state index in [9.17, 15) is 0 Å². The van der Waals surface area contributed by atoms with Crippen molar-refractivity contribution in [2.24, 2.45) is 0 Å². The molecule has 21 heavy (non-hydrogen) atoms. The first-order valence-corrected chi connectivity index (χ1v) is 8.15.